The maximum atomic E-state index is 11.9. The highest BCUT2D eigenvalue weighted by Crippen LogP contribution is 2.07. The van der Waals surface area contributed by atoms with Gasteiger partial charge < -0.3 is 20.7 Å². The van der Waals surface area contributed by atoms with E-state index in [1.54, 1.807) is 6.08 Å². The van der Waals surface area contributed by atoms with Crippen molar-refractivity contribution in [2.24, 2.45) is 4.99 Å². The summed E-state index contributed by atoms with van der Waals surface area (Å²) in [6, 6.07) is -0.0426. The summed E-state index contributed by atoms with van der Waals surface area (Å²) in [5.41, 5.74) is -0.495. The molecule has 0 saturated heterocycles. The molecule has 1 unspecified atom stereocenters. The summed E-state index contributed by atoms with van der Waals surface area (Å²) in [6.45, 7) is 15.2. The number of nitrogens with one attached hydrogen (secondary N) is 3. The molecular weight excluding hydrogens is 407 g/mol. The van der Waals surface area contributed by atoms with Gasteiger partial charge in [-0.15, -0.1) is 30.6 Å². The zero-order valence-corrected chi connectivity index (χ0v) is 17.4. The lowest BCUT2D eigenvalue weighted by Gasteiger charge is -2.23. The van der Waals surface area contributed by atoms with Gasteiger partial charge in [0, 0.05) is 13.1 Å². The molecule has 1 atom stereocenters. The highest BCUT2D eigenvalue weighted by molar-refractivity contribution is 14.0. The lowest BCUT2D eigenvalue weighted by Crippen LogP contribution is -2.42. The number of rotatable bonds is 8. The summed E-state index contributed by atoms with van der Waals surface area (Å²) >= 11 is 0. The summed E-state index contributed by atoms with van der Waals surface area (Å²) in [7, 11) is 0. The van der Waals surface area contributed by atoms with Gasteiger partial charge in [-0.3, -0.25) is 4.99 Å². The third-order valence-corrected chi connectivity index (χ3v) is 2.59. The molecule has 0 bridgehead atoms. The molecule has 0 rings (SSSR count). The maximum absolute atomic E-state index is 11.9. The van der Waals surface area contributed by atoms with Crippen LogP contribution in [0.25, 0.3) is 0 Å². The Kier molecular flexibility index (Phi) is 14.2. The van der Waals surface area contributed by atoms with Crippen molar-refractivity contribution in [3.63, 3.8) is 0 Å². The quantitative estimate of drug-likeness (QED) is 0.235. The number of hydrogen-bond donors (Lipinski definition) is 3. The Bertz CT molecular complexity index is 368. The summed E-state index contributed by atoms with van der Waals surface area (Å²) in [5, 5.41) is 9.17. The predicted octanol–water partition coefficient (Wildman–Crippen LogP) is 3.04. The molecule has 0 radical (unpaired) electrons. The Morgan fingerprint density at radius 1 is 1.30 bits per heavy atom. The van der Waals surface area contributed by atoms with Crippen molar-refractivity contribution in [2.75, 3.05) is 19.6 Å². The lowest BCUT2D eigenvalue weighted by atomic mass is 10.1. The number of hydrogen-bond acceptors (Lipinski definition) is 3. The van der Waals surface area contributed by atoms with Crippen LogP contribution in [0.2, 0.25) is 0 Å². The largest absolute Gasteiger partial charge is 0.444 e. The van der Waals surface area contributed by atoms with E-state index in [0.29, 0.717) is 13.1 Å². The molecule has 0 heterocycles. The average molecular weight is 440 g/mol. The van der Waals surface area contributed by atoms with Crippen molar-refractivity contribution < 1.29 is 9.53 Å². The molecule has 0 aromatic carbocycles. The topological polar surface area (TPSA) is 74.8 Å². The van der Waals surface area contributed by atoms with Gasteiger partial charge in [0.1, 0.15) is 5.60 Å². The number of aliphatic imine (C=N–C) groups is 1. The molecule has 0 aliphatic heterocycles. The van der Waals surface area contributed by atoms with Crippen LogP contribution in [0.3, 0.4) is 0 Å². The molecular formula is C16H33IN4O2. The number of alkyl carbamates (subject to hydrolysis) is 1. The SMILES string of the molecule is C=CCNC(=NCC(CCC)NC(=O)OC(C)(C)C)NCC.I. The molecule has 0 aromatic rings. The van der Waals surface area contributed by atoms with Crippen molar-refractivity contribution in [2.45, 2.75) is 59.1 Å². The summed E-state index contributed by atoms with van der Waals surface area (Å²) in [5.74, 6) is 0.717. The van der Waals surface area contributed by atoms with E-state index in [2.05, 4.69) is 34.4 Å². The Morgan fingerprint density at radius 3 is 2.43 bits per heavy atom. The van der Waals surface area contributed by atoms with E-state index in [1.807, 2.05) is 27.7 Å². The average Bonchev–Trinajstić information content (AvgIpc) is 2.39. The number of carbonyl (C=O) groups excluding carboxylic acids is 1. The number of nitrogens with zero attached hydrogens (tertiary/aromatic N) is 1. The van der Waals surface area contributed by atoms with Gasteiger partial charge >= 0.3 is 6.09 Å². The Labute approximate surface area is 157 Å². The second-order valence-electron chi connectivity index (χ2n) is 6.02. The number of amides is 1. The Hall–Kier alpha value is -0.990. The highest BCUT2D eigenvalue weighted by atomic mass is 127. The van der Waals surface area contributed by atoms with Crippen LogP contribution in [-0.4, -0.2) is 43.3 Å². The van der Waals surface area contributed by atoms with Gasteiger partial charge in [-0.2, -0.15) is 0 Å². The molecule has 0 aromatic heterocycles. The second-order valence-corrected chi connectivity index (χ2v) is 6.02. The van der Waals surface area contributed by atoms with Gasteiger partial charge in [0.25, 0.3) is 0 Å². The van der Waals surface area contributed by atoms with E-state index < -0.39 is 11.7 Å². The fraction of sp³-hybridized carbons (Fsp3) is 0.750. The molecule has 0 saturated carbocycles. The van der Waals surface area contributed by atoms with Crippen LogP contribution < -0.4 is 16.0 Å². The van der Waals surface area contributed by atoms with E-state index in [9.17, 15) is 4.79 Å². The first-order valence-electron chi connectivity index (χ1n) is 7.95. The van der Waals surface area contributed by atoms with Crippen LogP contribution in [0.4, 0.5) is 4.79 Å². The summed E-state index contributed by atoms with van der Waals surface area (Å²) in [4.78, 5) is 16.4. The van der Waals surface area contributed by atoms with Gasteiger partial charge in [-0.1, -0.05) is 19.4 Å². The Balaban J connectivity index is 0. The third kappa shape index (κ3) is 14.3. The van der Waals surface area contributed by atoms with Crippen molar-refractivity contribution in [3.8, 4) is 0 Å². The molecule has 1 amide bonds. The van der Waals surface area contributed by atoms with Crippen LogP contribution in [-0.2, 0) is 4.74 Å². The van der Waals surface area contributed by atoms with Crippen LogP contribution in [0.1, 0.15) is 47.5 Å². The fourth-order valence-corrected chi connectivity index (χ4v) is 1.74. The smallest absolute Gasteiger partial charge is 0.407 e. The number of halogens is 1. The van der Waals surface area contributed by atoms with Crippen LogP contribution in [0, 0.1) is 0 Å². The van der Waals surface area contributed by atoms with Gasteiger partial charge in [0.15, 0.2) is 5.96 Å². The number of carbonyl (C=O) groups is 1. The summed E-state index contributed by atoms with van der Waals surface area (Å²) in [6.07, 6.45) is 3.19. The minimum Gasteiger partial charge on any atom is -0.444 e. The monoisotopic (exact) mass is 440 g/mol. The first kappa shape index (κ1) is 24.3. The number of ether oxygens (including phenoxy) is 1. The van der Waals surface area contributed by atoms with Gasteiger partial charge in [-0.25, -0.2) is 4.79 Å². The normalized spacial score (nSPS) is 12.7. The first-order chi connectivity index (χ1) is 10.3. The minimum atomic E-state index is -0.495. The Morgan fingerprint density at radius 2 is 1.96 bits per heavy atom. The van der Waals surface area contributed by atoms with E-state index in [-0.39, 0.29) is 30.0 Å². The van der Waals surface area contributed by atoms with Crippen LogP contribution >= 0.6 is 24.0 Å². The van der Waals surface area contributed by atoms with Crippen molar-refractivity contribution in [1.82, 2.24) is 16.0 Å². The molecule has 0 spiro atoms. The lowest BCUT2D eigenvalue weighted by molar-refractivity contribution is 0.0503. The van der Waals surface area contributed by atoms with E-state index in [4.69, 9.17) is 4.74 Å². The van der Waals surface area contributed by atoms with Crippen LogP contribution in [0.5, 0.6) is 0 Å². The van der Waals surface area contributed by atoms with Gasteiger partial charge in [0.2, 0.25) is 0 Å². The number of guanidine groups is 1. The second kappa shape index (κ2) is 13.4. The highest BCUT2D eigenvalue weighted by Gasteiger charge is 2.19. The van der Waals surface area contributed by atoms with E-state index >= 15 is 0 Å². The van der Waals surface area contributed by atoms with Crippen LogP contribution in [0.15, 0.2) is 17.6 Å². The van der Waals surface area contributed by atoms with Gasteiger partial charge in [0.05, 0.1) is 12.6 Å². The standard InChI is InChI=1S/C16H32N4O2.HI/c1-7-10-13(20-15(21)22-16(4,5)6)12-19-14(17-9-3)18-11-8-2;/h8,13H,2,7,9-12H2,1,3-6H3,(H,20,21)(H2,17,18,19);1H. The molecule has 136 valence electrons. The van der Waals surface area contributed by atoms with Crippen molar-refractivity contribution in [1.29, 1.82) is 0 Å². The predicted molar refractivity (Wildman–Crippen MR) is 108 cm³/mol. The van der Waals surface area contributed by atoms with E-state index in [0.717, 1.165) is 25.3 Å². The van der Waals surface area contributed by atoms with E-state index in [1.165, 1.54) is 0 Å². The molecule has 7 heteroatoms. The third-order valence-electron chi connectivity index (χ3n) is 2.59. The zero-order chi connectivity index (χ0) is 17.0. The molecule has 0 aliphatic rings. The zero-order valence-electron chi connectivity index (χ0n) is 15.1. The molecule has 23 heavy (non-hydrogen) atoms. The summed E-state index contributed by atoms with van der Waals surface area (Å²) < 4.78 is 5.29. The van der Waals surface area contributed by atoms with Gasteiger partial charge in [-0.05, 0) is 34.1 Å². The fourth-order valence-electron chi connectivity index (χ4n) is 1.74. The minimum absolute atomic E-state index is 0. The maximum Gasteiger partial charge on any atom is 0.407 e. The molecule has 6 nitrogen and oxygen atoms in total. The molecule has 0 fully saturated rings. The van der Waals surface area contributed by atoms with Crippen molar-refractivity contribution in [3.05, 3.63) is 12.7 Å². The molecule has 3 N–H and O–H groups in total. The first-order valence-corrected chi connectivity index (χ1v) is 7.95. The van der Waals surface area contributed by atoms with Crippen molar-refractivity contribution >= 4 is 36.0 Å². The molecule has 0 aliphatic carbocycles.